The first-order valence-electron chi connectivity index (χ1n) is 13.9. The number of aryl methyl sites for hydroxylation is 2. The SMILES string of the molecule is COCCCc1cc(CN(C(=O)[C@H]2CNCC[C@]2(OC)c2ccc(=O)n(C)c2)C2CC2)cc(OCCOC)c1. The van der Waals surface area contributed by atoms with Crippen LogP contribution in [-0.2, 0) is 44.6 Å². The average molecular weight is 542 g/mol. The smallest absolute Gasteiger partial charge is 0.250 e. The molecule has 1 N–H and O–H groups in total. The number of carbonyl (C=O) groups excluding carboxylic acids is 1. The van der Waals surface area contributed by atoms with Gasteiger partial charge in [0, 0.05) is 71.9 Å². The molecule has 214 valence electrons. The highest BCUT2D eigenvalue weighted by Crippen LogP contribution is 2.41. The van der Waals surface area contributed by atoms with E-state index in [0.717, 1.165) is 54.7 Å². The van der Waals surface area contributed by atoms with Crippen LogP contribution in [0.3, 0.4) is 0 Å². The van der Waals surface area contributed by atoms with Crippen LogP contribution in [0.4, 0.5) is 0 Å². The van der Waals surface area contributed by atoms with Gasteiger partial charge in [0.05, 0.1) is 12.5 Å². The summed E-state index contributed by atoms with van der Waals surface area (Å²) in [6, 6.07) is 9.86. The molecule has 2 atom stereocenters. The summed E-state index contributed by atoms with van der Waals surface area (Å²) >= 11 is 0. The highest BCUT2D eigenvalue weighted by Gasteiger charge is 2.49. The number of hydrogen-bond acceptors (Lipinski definition) is 7. The largest absolute Gasteiger partial charge is 0.491 e. The topological polar surface area (TPSA) is 91.3 Å². The van der Waals surface area contributed by atoms with Crippen LogP contribution in [-0.4, -0.2) is 75.7 Å². The zero-order chi connectivity index (χ0) is 27.8. The molecule has 0 unspecified atom stereocenters. The van der Waals surface area contributed by atoms with Crippen LogP contribution in [0, 0.1) is 5.92 Å². The molecule has 1 saturated carbocycles. The number of ether oxygens (including phenoxy) is 4. The maximum absolute atomic E-state index is 14.3. The quantitative estimate of drug-likeness (QED) is 0.368. The van der Waals surface area contributed by atoms with Gasteiger partial charge in [0.25, 0.3) is 0 Å². The van der Waals surface area contributed by atoms with Crippen molar-refractivity contribution in [3.63, 3.8) is 0 Å². The molecule has 39 heavy (non-hydrogen) atoms. The fraction of sp³-hybridized carbons (Fsp3) is 0.600. The van der Waals surface area contributed by atoms with Crippen molar-refractivity contribution in [3.05, 3.63) is 63.6 Å². The Kier molecular flexibility index (Phi) is 10.2. The summed E-state index contributed by atoms with van der Waals surface area (Å²) in [6.07, 6.45) is 6.22. The second-order valence-electron chi connectivity index (χ2n) is 10.6. The Morgan fingerprint density at radius 2 is 1.85 bits per heavy atom. The highest BCUT2D eigenvalue weighted by atomic mass is 16.5. The number of rotatable bonds is 14. The van der Waals surface area contributed by atoms with Crippen molar-refractivity contribution in [1.82, 2.24) is 14.8 Å². The van der Waals surface area contributed by atoms with Crippen molar-refractivity contribution in [2.75, 3.05) is 54.2 Å². The first-order valence-corrected chi connectivity index (χ1v) is 13.9. The van der Waals surface area contributed by atoms with Gasteiger partial charge in [-0.15, -0.1) is 0 Å². The maximum atomic E-state index is 14.3. The fourth-order valence-corrected chi connectivity index (χ4v) is 5.58. The van der Waals surface area contributed by atoms with E-state index in [2.05, 4.69) is 17.4 Å². The molecule has 9 heteroatoms. The molecule has 1 aromatic heterocycles. The second kappa shape index (κ2) is 13.6. The van der Waals surface area contributed by atoms with E-state index in [9.17, 15) is 9.59 Å². The standard InChI is InChI=1S/C30H43N3O6/c1-32-21-24(7-10-28(32)34)30(38-4)11-12-31-19-27(30)29(35)33(25-8-9-25)20-23-16-22(6-5-13-36-2)17-26(18-23)39-15-14-37-3/h7,10,16-18,21,25,27,31H,5-6,8-9,11-15,19-20H2,1-4H3/t27-,30+/m1/s1. The molecule has 1 amide bonds. The van der Waals surface area contributed by atoms with Crippen LogP contribution in [0.25, 0.3) is 0 Å². The number of piperidine rings is 1. The van der Waals surface area contributed by atoms with Gasteiger partial charge in [0.1, 0.15) is 18.0 Å². The van der Waals surface area contributed by atoms with E-state index in [0.29, 0.717) is 39.3 Å². The minimum absolute atomic E-state index is 0.0760. The van der Waals surface area contributed by atoms with Crippen LogP contribution in [0.15, 0.2) is 41.3 Å². The number of pyridine rings is 1. The number of nitrogens with zero attached hydrogens (tertiary/aromatic N) is 2. The Balaban J connectivity index is 1.62. The Labute approximate surface area is 231 Å². The van der Waals surface area contributed by atoms with Crippen molar-refractivity contribution in [2.24, 2.45) is 13.0 Å². The van der Waals surface area contributed by atoms with Crippen LogP contribution >= 0.6 is 0 Å². The Morgan fingerprint density at radius 1 is 1.08 bits per heavy atom. The van der Waals surface area contributed by atoms with E-state index in [1.807, 2.05) is 23.2 Å². The van der Waals surface area contributed by atoms with Crippen LogP contribution < -0.4 is 15.6 Å². The lowest BCUT2D eigenvalue weighted by molar-refractivity contribution is -0.155. The molecular formula is C30H43N3O6. The Morgan fingerprint density at radius 3 is 2.54 bits per heavy atom. The summed E-state index contributed by atoms with van der Waals surface area (Å²) in [5.74, 6) is 0.444. The molecular weight excluding hydrogens is 498 g/mol. The Hall–Kier alpha value is -2.72. The van der Waals surface area contributed by atoms with Gasteiger partial charge >= 0.3 is 0 Å². The molecule has 4 rings (SSSR count). The summed E-state index contributed by atoms with van der Waals surface area (Å²) in [5.41, 5.74) is 2.17. The fourth-order valence-electron chi connectivity index (χ4n) is 5.58. The van der Waals surface area contributed by atoms with Crippen molar-refractivity contribution in [3.8, 4) is 5.75 Å². The zero-order valence-electron chi connectivity index (χ0n) is 23.7. The van der Waals surface area contributed by atoms with Crippen LogP contribution in [0.2, 0.25) is 0 Å². The predicted octanol–water partition coefficient (Wildman–Crippen LogP) is 2.63. The highest BCUT2D eigenvalue weighted by molar-refractivity contribution is 5.81. The molecule has 2 heterocycles. The monoisotopic (exact) mass is 541 g/mol. The first kappa shape index (κ1) is 29.3. The van der Waals surface area contributed by atoms with E-state index in [-0.39, 0.29) is 17.5 Å². The molecule has 1 aliphatic heterocycles. The van der Waals surface area contributed by atoms with E-state index < -0.39 is 11.5 Å². The Bertz CT molecular complexity index is 1140. The van der Waals surface area contributed by atoms with E-state index in [4.69, 9.17) is 18.9 Å². The van der Waals surface area contributed by atoms with Gasteiger partial charge < -0.3 is 33.7 Å². The van der Waals surface area contributed by atoms with Gasteiger partial charge in [-0.25, -0.2) is 0 Å². The average Bonchev–Trinajstić information content (AvgIpc) is 3.78. The lowest BCUT2D eigenvalue weighted by atomic mass is 9.76. The van der Waals surface area contributed by atoms with Crippen molar-refractivity contribution in [1.29, 1.82) is 0 Å². The summed E-state index contributed by atoms with van der Waals surface area (Å²) in [6.45, 7) is 3.42. The summed E-state index contributed by atoms with van der Waals surface area (Å²) in [4.78, 5) is 28.5. The molecule has 2 fully saturated rings. The molecule has 0 bridgehead atoms. The van der Waals surface area contributed by atoms with Gasteiger partial charge in [-0.3, -0.25) is 9.59 Å². The summed E-state index contributed by atoms with van der Waals surface area (Å²) in [7, 11) is 6.77. The molecule has 2 aromatic rings. The van der Waals surface area contributed by atoms with Gasteiger partial charge in [-0.05, 0) is 68.0 Å². The molecule has 0 spiro atoms. The minimum atomic E-state index is -0.808. The van der Waals surface area contributed by atoms with Crippen molar-refractivity contribution in [2.45, 2.75) is 50.3 Å². The predicted molar refractivity (Wildman–Crippen MR) is 149 cm³/mol. The summed E-state index contributed by atoms with van der Waals surface area (Å²) < 4.78 is 24.1. The third-order valence-electron chi connectivity index (χ3n) is 7.84. The van der Waals surface area contributed by atoms with E-state index >= 15 is 0 Å². The third kappa shape index (κ3) is 7.08. The molecule has 1 saturated heterocycles. The number of aromatic nitrogens is 1. The van der Waals surface area contributed by atoms with E-state index in [1.165, 1.54) is 0 Å². The zero-order valence-corrected chi connectivity index (χ0v) is 23.7. The first-order chi connectivity index (χ1) is 18.9. The van der Waals surface area contributed by atoms with Crippen molar-refractivity contribution >= 4 is 5.91 Å². The van der Waals surface area contributed by atoms with Gasteiger partial charge in [0.15, 0.2) is 0 Å². The van der Waals surface area contributed by atoms with E-state index in [1.54, 1.807) is 39.0 Å². The van der Waals surface area contributed by atoms with Gasteiger partial charge in [-0.1, -0.05) is 6.07 Å². The maximum Gasteiger partial charge on any atom is 0.250 e. The minimum Gasteiger partial charge on any atom is -0.491 e. The number of methoxy groups -OCH3 is 3. The lowest BCUT2D eigenvalue weighted by Crippen LogP contribution is -2.56. The molecule has 1 aromatic carbocycles. The van der Waals surface area contributed by atoms with Crippen molar-refractivity contribution < 1.29 is 23.7 Å². The van der Waals surface area contributed by atoms with Crippen LogP contribution in [0.5, 0.6) is 5.75 Å². The molecule has 1 aliphatic carbocycles. The number of hydrogen-bond donors (Lipinski definition) is 1. The number of amides is 1. The lowest BCUT2D eigenvalue weighted by Gasteiger charge is -2.44. The number of carbonyl (C=O) groups is 1. The molecule has 9 nitrogen and oxygen atoms in total. The normalized spacial score (nSPS) is 21.1. The van der Waals surface area contributed by atoms with Gasteiger partial charge in [0.2, 0.25) is 11.5 Å². The third-order valence-corrected chi connectivity index (χ3v) is 7.84. The van der Waals surface area contributed by atoms with Crippen LogP contribution in [0.1, 0.15) is 42.4 Å². The van der Waals surface area contributed by atoms with Gasteiger partial charge in [-0.2, -0.15) is 0 Å². The molecule has 0 radical (unpaired) electrons. The number of nitrogens with one attached hydrogen (secondary N) is 1. The summed E-state index contributed by atoms with van der Waals surface area (Å²) in [5, 5.41) is 3.41. The second-order valence-corrected chi connectivity index (χ2v) is 10.6. The molecule has 2 aliphatic rings. The number of benzene rings is 1.